The van der Waals surface area contributed by atoms with Gasteiger partial charge in [-0.05, 0) is 19.8 Å². The molecule has 1 amide bonds. The highest BCUT2D eigenvalue weighted by Gasteiger charge is 2.32. The van der Waals surface area contributed by atoms with E-state index < -0.39 is 0 Å². The van der Waals surface area contributed by atoms with Gasteiger partial charge in [0.15, 0.2) is 6.04 Å². The van der Waals surface area contributed by atoms with Gasteiger partial charge in [-0.2, -0.15) is 0 Å². The average Bonchev–Trinajstić information content (AvgIpc) is 3.09. The molecule has 0 radical (unpaired) electrons. The minimum Gasteiger partial charge on any atom is -0.348 e. The minimum atomic E-state index is 0.0916. The summed E-state index contributed by atoms with van der Waals surface area (Å²) in [6.07, 6.45) is 4.88. The molecule has 4 heteroatoms. The quantitative estimate of drug-likeness (QED) is 0.668. The molecule has 126 valence electrons. The van der Waals surface area contributed by atoms with Crippen molar-refractivity contribution in [3.8, 4) is 0 Å². The lowest BCUT2D eigenvalue weighted by Crippen LogP contribution is -3.29. The Labute approximate surface area is 139 Å². The molecule has 1 heterocycles. The van der Waals surface area contributed by atoms with Crippen LogP contribution < -0.4 is 15.1 Å². The lowest BCUT2D eigenvalue weighted by atomic mass is 10.1. The Morgan fingerprint density at radius 1 is 1.13 bits per heavy atom. The third kappa shape index (κ3) is 4.55. The zero-order valence-electron chi connectivity index (χ0n) is 14.3. The number of amides is 1. The second kappa shape index (κ2) is 7.93. The van der Waals surface area contributed by atoms with Gasteiger partial charge in [0.2, 0.25) is 0 Å². The fraction of sp³-hybridized carbons (Fsp3) is 0.632. The van der Waals surface area contributed by atoms with Crippen molar-refractivity contribution in [2.24, 2.45) is 0 Å². The maximum absolute atomic E-state index is 12.4. The molecular weight excluding hydrogens is 286 g/mol. The molecule has 2 fully saturated rings. The molecule has 1 atom stereocenters. The van der Waals surface area contributed by atoms with Crippen molar-refractivity contribution >= 4 is 5.91 Å². The first-order valence-corrected chi connectivity index (χ1v) is 9.25. The summed E-state index contributed by atoms with van der Waals surface area (Å²) in [4.78, 5) is 15.5. The van der Waals surface area contributed by atoms with Crippen LogP contribution in [0.5, 0.6) is 0 Å². The van der Waals surface area contributed by atoms with E-state index in [9.17, 15) is 4.79 Å². The second-order valence-corrected chi connectivity index (χ2v) is 7.28. The Balaban J connectivity index is 1.43. The van der Waals surface area contributed by atoms with Crippen LogP contribution in [0.15, 0.2) is 30.3 Å². The summed E-state index contributed by atoms with van der Waals surface area (Å²) < 4.78 is 0. The summed E-state index contributed by atoms with van der Waals surface area (Å²) in [6.45, 7) is 7.72. The van der Waals surface area contributed by atoms with Crippen LogP contribution >= 0.6 is 0 Å². The standard InChI is InChI=1S/C19H29N3O/c1-16(19(23)20-18-9-5-6-10-18)22-13-11-21(12-14-22)15-17-7-3-2-4-8-17/h2-4,7-8,16,18H,5-6,9-15H2,1H3,(H,20,23)/p+2/t16-/m1/s1. The Morgan fingerprint density at radius 2 is 1.78 bits per heavy atom. The summed E-state index contributed by atoms with van der Waals surface area (Å²) in [5.41, 5.74) is 1.41. The third-order valence-electron chi connectivity index (χ3n) is 5.60. The predicted octanol–water partition coefficient (Wildman–Crippen LogP) is -0.583. The zero-order valence-corrected chi connectivity index (χ0v) is 14.3. The maximum atomic E-state index is 12.4. The SMILES string of the molecule is C[C@H](C(=O)NC1CCCC1)[NH+]1CC[NH+](Cc2ccccc2)CC1. The van der Waals surface area contributed by atoms with E-state index in [0.29, 0.717) is 6.04 Å². The van der Waals surface area contributed by atoms with Crippen molar-refractivity contribution in [3.63, 3.8) is 0 Å². The van der Waals surface area contributed by atoms with Gasteiger partial charge in [0.1, 0.15) is 32.7 Å². The highest BCUT2D eigenvalue weighted by molar-refractivity contribution is 5.80. The second-order valence-electron chi connectivity index (χ2n) is 7.28. The molecule has 1 aliphatic heterocycles. The van der Waals surface area contributed by atoms with E-state index in [2.05, 4.69) is 42.6 Å². The van der Waals surface area contributed by atoms with E-state index in [4.69, 9.17) is 0 Å². The monoisotopic (exact) mass is 317 g/mol. The molecule has 0 spiro atoms. The van der Waals surface area contributed by atoms with Crippen molar-refractivity contribution in [3.05, 3.63) is 35.9 Å². The van der Waals surface area contributed by atoms with Crippen LogP contribution in [0.25, 0.3) is 0 Å². The summed E-state index contributed by atoms with van der Waals surface area (Å²) in [6, 6.07) is 11.3. The molecule has 0 bridgehead atoms. The van der Waals surface area contributed by atoms with Crippen LogP contribution in [0.3, 0.4) is 0 Å². The molecule has 3 N–H and O–H groups in total. The topological polar surface area (TPSA) is 38.0 Å². The first kappa shape index (κ1) is 16.5. The fourth-order valence-corrected chi connectivity index (χ4v) is 4.00. The molecule has 1 aromatic carbocycles. The number of piperazine rings is 1. The lowest BCUT2D eigenvalue weighted by Gasteiger charge is -2.33. The van der Waals surface area contributed by atoms with Crippen LogP contribution in [-0.4, -0.2) is 44.2 Å². The molecule has 1 aliphatic carbocycles. The first-order chi connectivity index (χ1) is 11.2. The minimum absolute atomic E-state index is 0.0916. The van der Waals surface area contributed by atoms with E-state index in [1.54, 1.807) is 4.90 Å². The smallest absolute Gasteiger partial charge is 0.278 e. The van der Waals surface area contributed by atoms with Gasteiger partial charge < -0.3 is 15.1 Å². The highest BCUT2D eigenvalue weighted by atomic mass is 16.2. The van der Waals surface area contributed by atoms with Crippen molar-refractivity contribution in [1.82, 2.24) is 5.32 Å². The van der Waals surface area contributed by atoms with Crippen molar-refractivity contribution in [2.45, 2.75) is 51.2 Å². The van der Waals surface area contributed by atoms with Crippen molar-refractivity contribution in [2.75, 3.05) is 26.2 Å². The summed E-state index contributed by atoms with van der Waals surface area (Å²) in [5, 5.41) is 3.26. The van der Waals surface area contributed by atoms with Crippen molar-refractivity contribution < 1.29 is 14.6 Å². The number of hydrogen-bond acceptors (Lipinski definition) is 1. The molecule has 1 saturated heterocycles. The van der Waals surface area contributed by atoms with Gasteiger partial charge in [0.05, 0.1) is 0 Å². The molecule has 0 aromatic heterocycles. The number of hydrogen-bond donors (Lipinski definition) is 3. The van der Waals surface area contributed by atoms with Gasteiger partial charge in [-0.15, -0.1) is 0 Å². The fourth-order valence-electron chi connectivity index (χ4n) is 4.00. The van der Waals surface area contributed by atoms with Crippen molar-refractivity contribution in [1.29, 1.82) is 0 Å². The molecule has 4 nitrogen and oxygen atoms in total. The van der Waals surface area contributed by atoms with Crippen LogP contribution in [0.2, 0.25) is 0 Å². The molecule has 1 aromatic rings. The number of benzene rings is 1. The Hall–Kier alpha value is -1.39. The Kier molecular flexibility index (Phi) is 5.68. The van der Waals surface area contributed by atoms with Gasteiger partial charge in [-0.1, -0.05) is 43.2 Å². The third-order valence-corrected chi connectivity index (χ3v) is 5.60. The van der Waals surface area contributed by atoms with E-state index in [1.165, 1.54) is 36.1 Å². The summed E-state index contributed by atoms with van der Waals surface area (Å²) >= 11 is 0. The van der Waals surface area contributed by atoms with Crippen LogP contribution in [0, 0.1) is 0 Å². The number of carbonyl (C=O) groups excluding carboxylic acids is 1. The number of carbonyl (C=O) groups is 1. The van der Waals surface area contributed by atoms with Gasteiger partial charge in [0.25, 0.3) is 5.91 Å². The van der Waals surface area contributed by atoms with E-state index >= 15 is 0 Å². The van der Waals surface area contributed by atoms with Crippen LogP contribution in [0.1, 0.15) is 38.2 Å². The molecule has 3 rings (SSSR count). The zero-order chi connectivity index (χ0) is 16.1. The number of nitrogens with one attached hydrogen (secondary N) is 3. The number of rotatable bonds is 5. The molecule has 2 aliphatic rings. The molecule has 23 heavy (non-hydrogen) atoms. The largest absolute Gasteiger partial charge is 0.348 e. The van der Waals surface area contributed by atoms with Gasteiger partial charge >= 0.3 is 0 Å². The Morgan fingerprint density at radius 3 is 2.43 bits per heavy atom. The van der Waals surface area contributed by atoms with Gasteiger partial charge in [0, 0.05) is 11.6 Å². The van der Waals surface area contributed by atoms with Gasteiger partial charge in [-0.25, -0.2) is 0 Å². The van der Waals surface area contributed by atoms with E-state index in [0.717, 1.165) is 32.7 Å². The van der Waals surface area contributed by atoms with Gasteiger partial charge in [-0.3, -0.25) is 4.79 Å². The highest BCUT2D eigenvalue weighted by Crippen LogP contribution is 2.17. The predicted molar refractivity (Wildman–Crippen MR) is 91.4 cm³/mol. The van der Waals surface area contributed by atoms with Crippen LogP contribution in [-0.2, 0) is 11.3 Å². The van der Waals surface area contributed by atoms with E-state index in [-0.39, 0.29) is 11.9 Å². The lowest BCUT2D eigenvalue weighted by molar-refractivity contribution is -1.02. The molecule has 0 unspecified atom stereocenters. The normalized spacial score (nSPS) is 26.8. The average molecular weight is 317 g/mol. The molecular formula is C19H31N3O+2. The maximum Gasteiger partial charge on any atom is 0.278 e. The Bertz CT molecular complexity index is 491. The number of quaternary nitrogens is 2. The van der Waals surface area contributed by atoms with E-state index in [1.807, 2.05) is 0 Å². The summed E-state index contributed by atoms with van der Waals surface area (Å²) in [7, 11) is 0. The molecule has 1 saturated carbocycles. The van der Waals surface area contributed by atoms with Crippen LogP contribution in [0.4, 0.5) is 0 Å². The first-order valence-electron chi connectivity index (χ1n) is 9.25. The summed E-state index contributed by atoms with van der Waals surface area (Å²) in [5.74, 6) is 0.262.